The van der Waals surface area contributed by atoms with E-state index in [1.165, 1.54) is 6.07 Å². The average molecular weight is 189 g/mol. The maximum atomic E-state index is 10.8. The molecule has 0 bridgehead atoms. The summed E-state index contributed by atoms with van der Waals surface area (Å²) in [5.74, 6) is 1.45. The molecule has 1 heterocycles. The van der Waals surface area contributed by atoms with Crippen molar-refractivity contribution in [3.8, 4) is 12.3 Å². The molecule has 0 fully saturated rings. The fourth-order valence-electron chi connectivity index (χ4n) is 1.27. The van der Waals surface area contributed by atoms with E-state index in [0.717, 1.165) is 5.69 Å². The summed E-state index contributed by atoms with van der Waals surface area (Å²) in [4.78, 5) is 14.9. The molecule has 0 aliphatic carbocycles. The van der Waals surface area contributed by atoms with E-state index < -0.39 is 5.97 Å². The smallest absolute Gasteiger partial charge is 0.337 e. The molecule has 0 unspecified atom stereocenters. The lowest BCUT2D eigenvalue weighted by Crippen LogP contribution is -2.05. The number of aromatic nitrogens is 1. The topological polar surface area (TPSA) is 50.2 Å². The van der Waals surface area contributed by atoms with Crippen LogP contribution in [0.2, 0.25) is 0 Å². The Hall–Kier alpha value is -1.82. The number of carbonyl (C=O) groups is 1. The first-order valence-corrected chi connectivity index (χ1v) is 4.30. The van der Waals surface area contributed by atoms with Crippen LogP contribution in [0.5, 0.6) is 0 Å². The van der Waals surface area contributed by atoms with Crippen molar-refractivity contribution in [1.29, 1.82) is 0 Å². The Labute approximate surface area is 82.8 Å². The third kappa shape index (κ3) is 1.74. The van der Waals surface area contributed by atoms with E-state index in [-0.39, 0.29) is 5.56 Å². The van der Waals surface area contributed by atoms with Crippen LogP contribution in [-0.4, -0.2) is 16.1 Å². The predicted molar refractivity (Wildman–Crippen MR) is 53.2 cm³/mol. The minimum atomic E-state index is -0.992. The average Bonchev–Trinajstić information content (AvgIpc) is 2.16. The number of hydrogen-bond donors (Lipinski definition) is 1. The minimum absolute atomic E-state index is 0.176. The monoisotopic (exact) mass is 189 g/mol. The number of rotatable bonds is 2. The van der Waals surface area contributed by atoms with E-state index in [1.807, 2.05) is 6.92 Å². The first-order chi connectivity index (χ1) is 6.60. The zero-order chi connectivity index (χ0) is 10.7. The highest BCUT2D eigenvalue weighted by atomic mass is 16.4. The van der Waals surface area contributed by atoms with E-state index in [9.17, 15) is 4.79 Å². The lowest BCUT2D eigenvalue weighted by Gasteiger charge is -2.05. The van der Waals surface area contributed by atoms with Gasteiger partial charge in [-0.05, 0) is 19.4 Å². The zero-order valence-electron chi connectivity index (χ0n) is 8.16. The Balaban J connectivity index is 3.40. The van der Waals surface area contributed by atoms with Gasteiger partial charge in [0, 0.05) is 5.56 Å². The molecule has 1 N–H and O–H groups in total. The second-order valence-electron chi connectivity index (χ2n) is 2.92. The molecule has 3 nitrogen and oxygen atoms in total. The van der Waals surface area contributed by atoms with E-state index in [4.69, 9.17) is 11.5 Å². The molecule has 0 amide bonds. The molecule has 0 saturated carbocycles. The SMILES string of the molecule is C#Cc1cc(C(=O)O)c(C)nc1CC. The van der Waals surface area contributed by atoms with Crippen molar-refractivity contribution in [2.45, 2.75) is 20.3 Å². The number of aryl methyl sites for hydroxylation is 2. The van der Waals surface area contributed by atoms with Crippen molar-refractivity contribution < 1.29 is 9.90 Å². The van der Waals surface area contributed by atoms with Gasteiger partial charge in [0.25, 0.3) is 0 Å². The van der Waals surface area contributed by atoms with Crippen LogP contribution >= 0.6 is 0 Å². The van der Waals surface area contributed by atoms with Crippen LogP contribution in [0.4, 0.5) is 0 Å². The number of carboxylic acid groups (broad SMARTS) is 1. The van der Waals surface area contributed by atoms with Crippen molar-refractivity contribution >= 4 is 5.97 Å². The molecule has 0 aliphatic heterocycles. The van der Waals surface area contributed by atoms with Gasteiger partial charge in [-0.15, -0.1) is 6.42 Å². The van der Waals surface area contributed by atoms with Gasteiger partial charge in [-0.3, -0.25) is 4.98 Å². The summed E-state index contributed by atoms with van der Waals surface area (Å²) in [6.07, 6.45) is 5.97. The van der Waals surface area contributed by atoms with Gasteiger partial charge in [0.15, 0.2) is 0 Å². The number of hydrogen-bond acceptors (Lipinski definition) is 2. The van der Waals surface area contributed by atoms with Gasteiger partial charge in [-0.25, -0.2) is 4.79 Å². The molecule has 0 saturated heterocycles. The Kier molecular flexibility index (Phi) is 2.88. The Morgan fingerprint density at radius 2 is 2.36 bits per heavy atom. The molecule has 1 aromatic rings. The highest BCUT2D eigenvalue weighted by molar-refractivity contribution is 5.89. The van der Waals surface area contributed by atoms with Crippen molar-refractivity contribution in [3.63, 3.8) is 0 Å². The number of aromatic carboxylic acids is 1. The van der Waals surface area contributed by atoms with Crippen LogP contribution in [0.15, 0.2) is 6.07 Å². The normalized spacial score (nSPS) is 9.50. The summed E-state index contributed by atoms with van der Waals surface area (Å²) in [5.41, 5.74) is 2.02. The summed E-state index contributed by atoms with van der Waals surface area (Å²) in [5, 5.41) is 8.84. The molecule has 3 heteroatoms. The Bertz CT molecular complexity index is 416. The summed E-state index contributed by atoms with van der Waals surface area (Å²) in [6, 6.07) is 1.50. The minimum Gasteiger partial charge on any atom is -0.478 e. The third-order valence-corrected chi connectivity index (χ3v) is 2.01. The van der Waals surface area contributed by atoms with Crippen LogP contribution in [-0.2, 0) is 6.42 Å². The van der Waals surface area contributed by atoms with Crippen LogP contribution in [0, 0.1) is 19.3 Å². The molecule has 0 atom stereocenters. The quantitative estimate of drug-likeness (QED) is 0.719. The molecule has 0 radical (unpaired) electrons. The summed E-state index contributed by atoms with van der Waals surface area (Å²) in [6.45, 7) is 3.60. The van der Waals surface area contributed by atoms with Crippen LogP contribution in [0.1, 0.15) is 34.2 Å². The van der Waals surface area contributed by atoms with Gasteiger partial charge in [0.05, 0.1) is 17.0 Å². The van der Waals surface area contributed by atoms with Crippen molar-refractivity contribution in [1.82, 2.24) is 4.98 Å². The van der Waals surface area contributed by atoms with Crippen molar-refractivity contribution in [3.05, 3.63) is 28.6 Å². The molecular formula is C11H11NO2. The molecule has 14 heavy (non-hydrogen) atoms. The molecule has 1 aromatic heterocycles. The third-order valence-electron chi connectivity index (χ3n) is 2.01. The van der Waals surface area contributed by atoms with Crippen molar-refractivity contribution in [2.24, 2.45) is 0 Å². The maximum absolute atomic E-state index is 10.8. The lowest BCUT2D eigenvalue weighted by molar-refractivity contribution is 0.0695. The van der Waals surface area contributed by atoms with Crippen LogP contribution in [0.25, 0.3) is 0 Å². The number of nitrogens with zero attached hydrogens (tertiary/aromatic N) is 1. The lowest BCUT2D eigenvalue weighted by atomic mass is 10.1. The van der Waals surface area contributed by atoms with Gasteiger partial charge in [0.1, 0.15) is 0 Å². The van der Waals surface area contributed by atoms with E-state index in [1.54, 1.807) is 6.92 Å². The summed E-state index contributed by atoms with van der Waals surface area (Å²) in [7, 11) is 0. The highest BCUT2D eigenvalue weighted by Gasteiger charge is 2.11. The fraction of sp³-hybridized carbons (Fsp3) is 0.273. The van der Waals surface area contributed by atoms with E-state index >= 15 is 0 Å². The second-order valence-corrected chi connectivity index (χ2v) is 2.92. The summed E-state index contributed by atoms with van der Waals surface area (Å²) < 4.78 is 0. The predicted octanol–water partition coefficient (Wildman–Crippen LogP) is 1.63. The standard InChI is InChI=1S/C11H11NO2/c1-4-8-6-9(11(13)14)7(3)12-10(8)5-2/h1,6H,5H2,2-3H3,(H,13,14). The van der Waals surface area contributed by atoms with Crippen LogP contribution in [0.3, 0.4) is 0 Å². The van der Waals surface area contributed by atoms with E-state index in [0.29, 0.717) is 17.7 Å². The van der Waals surface area contributed by atoms with Gasteiger partial charge in [0.2, 0.25) is 0 Å². The molecular weight excluding hydrogens is 178 g/mol. The largest absolute Gasteiger partial charge is 0.478 e. The molecule has 0 aliphatic rings. The molecule has 0 aromatic carbocycles. The fourth-order valence-corrected chi connectivity index (χ4v) is 1.27. The maximum Gasteiger partial charge on any atom is 0.337 e. The van der Waals surface area contributed by atoms with Gasteiger partial charge < -0.3 is 5.11 Å². The van der Waals surface area contributed by atoms with E-state index in [2.05, 4.69) is 10.9 Å². The van der Waals surface area contributed by atoms with Crippen LogP contribution < -0.4 is 0 Å². The zero-order valence-corrected chi connectivity index (χ0v) is 8.16. The van der Waals surface area contributed by atoms with Gasteiger partial charge in [-0.1, -0.05) is 12.8 Å². The highest BCUT2D eigenvalue weighted by Crippen LogP contribution is 2.12. The van der Waals surface area contributed by atoms with Crippen molar-refractivity contribution in [2.75, 3.05) is 0 Å². The van der Waals surface area contributed by atoms with Gasteiger partial charge >= 0.3 is 5.97 Å². The molecule has 0 spiro atoms. The second kappa shape index (κ2) is 3.93. The number of terminal acetylenes is 1. The summed E-state index contributed by atoms with van der Waals surface area (Å²) >= 11 is 0. The Morgan fingerprint density at radius 1 is 1.71 bits per heavy atom. The molecule has 72 valence electrons. The Morgan fingerprint density at radius 3 is 2.79 bits per heavy atom. The first kappa shape index (κ1) is 10.3. The number of carboxylic acids is 1. The van der Waals surface area contributed by atoms with Gasteiger partial charge in [-0.2, -0.15) is 0 Å². The molecule has 1 rings (SSSR count). The number of pyridine rings is 1. The first-order valence-electron chi connectivity index (χ1n) is 4.30.